The Hall–Kier alpha value is -2.78. The third-order valence-electron chi connectivity index (χ3n) is 4.73. The molecule has 0 fully saturated rings. The molecule has 0 saturated carbocycles. The molecule has 0 N–H and O–H groups in total. The van der Waals surface area contributed by atoms with Crippen LogP contribution in [0.4, 0.5) is 0 Å². The number of carbonyl (C=O) groups is 1. The van der Waals surface area contributed by atoms with E-state index in [2.05, 4.69) is 13.8 Å². The lowest BCUT2D eigenvalue weighted by atomic mass is 10.0. The van der Waals surface area contributed by atoms with E-state index in [0.717, 1.165) is 21.9 Å². The van der Waals surface area contributed by atoms with Gasteiger partial charge in [-0.25, -0.2) is 0 Å². The van der Waals surface area contributed by atoms with Gasteiger partial charge in [0.25, 0.3) is 0 Å². The number of hydrogen-bond acceptors (Lipinski definition) is 3. The molecule has 3 aromatic rings. The second-order valence-corrected chi connectivity index (χ2v) is 7.82. The summed E-state index contributed by atoms with van der Waals surface area (Å²) in [5.74, 6) is 2.43. The molecule has 150 valence electrons. The Morgan fingerprint density at radius 1 is 1.07 bits per heavy atom. The van der Waals surface area contributed by atoms with Gasteiger partial charge in [0.2, 0.25) is 0 Å². The van der Waals surface area contributed by atoms with E-state index in [1.54, 1.807) is 6.08 Å². The topological polar surface area (TPSA) is 39.4 Å². The van der Waals surface area contributed by atoms with Crippen LogP contribution in [0, 0.1) is 13.8 Å². The van der Waals surface area contributed by atoms with Gasteiger partial charge in [0.05, 0.1) is 0 Å². The number of halogens is 1. The summed E-state index contributed by atoms with van der Waals surface area (Å²) in [6.07, 6.45) is 3.21. The summed E-state index contributed by atoms with van der Waals surface area (Å²) in [7, 11) is 0. The van der Waals surface area contributed by atoms with E-state index in [4.69, 9.17) is 20.8 Å². The Labute approximate surface area is 177 Å². The maximum Gasteiger partial charge on any atom is 0.185 e. The molecule has 1 aromatic heterocycles. The number of allylic oxidation sites excluding steroid dienone is 1. The van der Waals surface area contributed by atoms with E-state index in [-0.39, 0.29) is 5.78 Å². The molecule has 3 nitrogen and oxygen atoms in total. The molecule has 0 atom stereocenters. The Balaban J connectivity index is 1.60. The number of furan rings is 1. The summed E-state index contributed by atoms with van der Waals surface area (Å²) in [5, 5.41) is 0.756. The van der Waals surface area contributed by atoms with E-state index in [1.807, 2.05) is 62.4 Å². The smallest absolute Gasteiger partial charge is 0.185 e. The number of ketones is 1. The van der Waals surface area contributed by atoms with E-state index < -0.39 is 0 Å². The first kappa shape index (κ1) is 20.9. The van der Waals surface area contributed by atoms with Gasteiger partial charge in [0.1, 0.15) is 23.9 Å². The van der Waals surface area contributed by atoms with Crippen molar-refractivity contribution in [2.24, 2.45) is 0 Å². The van der Waals surface area contributed by atoms with E-state index in [9.17, 15) is 4.79 Å². The predicted octanol–water partition coefficient (Wildman–Crippen LogP) is 7.15. The fourth-order valence-electron chi connectivity index (χ4n) is 2.99. The zero-order valence-electron chi connectivity index (χ0n) is 17.2. The second-order valence-electron chi connectivity index (χ2n) is 7.44. The quantitative estimate of drug-likeness (QED) is 0.308. The summed E-state index contributed by atoms with van der Waals surface area (Å²) in [5.41, 5.74) is 3.83. The molecule has 29 heavy (non-hydrogen) atoms. The number of benzene rings is 2. The summed E-state index contributed by atoms with van der Waals surface area (Å²) >= 11 is 6.19. The lowest BCUT2D eigenvalue weighted by Crippen LogP contribution is -1.95. The van der Waals surface area contributed by atoms with Crippen molar-refractivity contribution in [3.63, 3.8) is 0 Å². The minimum absolute atomic E-state index is 0.0541. The van der Waals surface area contributed by atoms with Gasteiger partial charge < -0.3 is 9.15 Å². The zero-order chi connectivity index (χ0) is 21.0. The molecule has 0 aliphatic carbocycles. The Morgan fingerprint density at radius 2 is 1.72 bits per heavy atom. The average Bonchev–Trinajstić information content (AvgIpc) is 3.16. The van der Waals surface area contributed by atoms with Crippen LogP contribution in [0.25, 0.3) is 6.08 Å². The molecule has 0 unspecified atom stereocenters. The number of hydrogen-bond donors (Lipinski definition) is 0. The molecule has 0 spiro atoms. The van der Waals surface area contributed by atoms with Crippen LogP contribution in [0.3, 0.4) is 0 Å². The van der Waals surface area contributed by atoms with Crippen molar-refractivity contribution >= 4 is 23.5 Å². The highest BCUT2D eigenvalue weighted by Crippen LogP contribution is 2.26. The monoisotopic (exact) mass is 408 g/mol. The third kappa shape index (κ3) is 5.39. The maximum absolute atomic E-state index is 12.3. The average molecular weight is 409 g/mol. The molecule has 0 aliphatic heterocycles. The molecule has 0 bridgehead atoms. The van der Waals surface area contributed by atoms with Gasteiger partial charge in [0, 0.05) is 10.6 Å². The number of carbonyl (C=O) groups excluding carboxylic acids is 1. The van der Waals surface area contributed by atoms with Crippen molar-refractivity contribution in [1.82, 2.24) is 0 Å². The van der Waals surface area contributed by atoms with Gasteiger partial charge in [-0.05, 0) is 72.9 Å². The minimum atomic E-state index is -0.0541. The minimum Gasteiger partial charge on any atom is -0.486 e. The highest BCUT2D eigenvalue weighted by Gasteiger charge is 2.07. The summed E-state index contributed by atoms with van der Waals surface area (Å²) in [6, 6.07) is 15.2. The van der Waals surface area contributed by atoms with E-state index in [1.165, 1.54) is 11.6 Å². The fraction of sp³-hybridized carbons (Fsp3) is 0.240. The predicted molar refractivity (Wildman–Crippen MR) is 118 cm³/mol. The summed E-state index contributed by atoms with van der Waals surface area (Å²) in [6.45, 7) is 8.46. The van der Waals surface area contributed by atoms with Crippen LogP contribution in [0.1, 0.15) is 58.3 Å². The van der Waals surface area contributed by atoms with Crippen molar-refractivity contribution in [2.75, 3.05) is 0 Å². The molecule has 0 aliphatic rings. The van der Waals surface area contributed by atoms with E-state index >= 15 is 0 Å². The van der Waals surface area contributed by atoms with Gasteiger partial charge in [-0.15, -0.1) is 0 Å². The van der Waals surface area contributed by atoms with Gasteiger partial charge in [-0.1, -0.05) is 49.7 Å². The molecule has 1 heterocycles. The Kier molecular flexibility index (Phi) is 6.60. The number of rotatable bonds is 7. The van der Waals surface area contributed by atoms with Crippen LogP contribution < -0.4 is 4.74 Å². The highest BCUT2D eigenvalue weighted by molar-refractivity contribution is 6.32. The normalized spacial score (nSPS) is 11.4. The van der Waals surface area contributed by atoms with Crippen LogP contribution in [0.2, 0.25) is 5.02 Å². The first-order chi connectivity index (χ1) is 13.8. The van der Waals surface area contributed by atoms with Crippen LogP contribution >= 0.6 is 11.6 Å². The van der Waals surface area contributed by atoms with Crippen LogP contribution in [-0.4, -0.2) is 5.78 Å². The van der Waals surface area contributed by atoms with Crippen molar-refractivity contribution < 1.29 is 13.9 Å². The van der Waals surface area contributed by atoms with Gasteiger partial charge in [-0.3, -0.25) is 4.79 Å². The van der Waals surface area contributed by atoms with Gasteiger partial charge >= 0.3 is 0 Å². The zero-order valence-corrected chi connectivity index (χ0v) is 17.9. The van der Waals surface area contributed by atoms with Gasteiger partial charge in [-0.2, -0.15) is 0 Å². The molecule has 3 rings (SSSR count). The van der Waals surface area contributed by atoms with Crippen LogP contribution in [0.15, 0.2) is 59.0 Å². The van der Waals surface area contributed by atoms with Crippen LogP contribution in [-0.2, 0) is 6.61 Å². The lowest BCUT2D eigenvalue weighted by Gasteiger charge is -2.08. The van der Waals surface area contributed by atoms with Crippen molar-refractivity contribution in [1.29, 1.82) is 0 Å². The first-order valence-corrected chi connectivity index (χ1v) is 10.0. The van der Waals surface area contributed by atoms with E-state index in [0.29, 0.717) is 29.6 Å². The first-order valence-electron chi connectivity index (χ1n) is 9.64. The summed E-state index contributed by atoms with van der Waals surface area (Å²) < 4.78 is 11.5. The van der Waals surface area contributed by atoms with Crippen molar-refractivity contribution in [3.8, 4) is 5.75 Å². The molecule has 2 aromatic carbocycles. The molecule has 0 saturated heterocycles. The maximum atomic E-state index is 12.3. The van der Waals surface area contributed by atoms with Crippen molar-refractivity contribution in [3.05, 3.63) is 93.4 Å². The number of ether oxygens (including phenoxy) is 1. The second kappa shape index (κ2) is 9.15. The van der Waals surface area contributed by atoms with Gasteiger partial charge in [0.15, 0.2) is 5.78 Å². The third-order valence-corrected chi connectivity index (χ3v) is 5.33. The SMILES string of the molecule is Cc1cc(OCc2ccc(/C=C/C(=O)c3ccc(C(C)C)cc3)o2)cc(C)c1Cl. The standard InChI is InChI=1S/C25H25ClO3/c1-16(2)19-5-7-20(8-6-19)24(27)12-11-21-9-10-22(29-21)15-28-23-13-17(3)25(26)18(4)14-23/h5-14,16H,15H2,1-4H3/b12-11+. The largest absolute Gasteiger partial charge is 0.486 e. The number of aryl methyl sites for hydroxylation is 2. The van der Waals surface area contributed by atoms with Crippen molar-refractivity contribution in [2.45, 2.75) is 40.2 Å². The molecular weight excluding hydrogens is 384 g/mol. The Bertz CT molecular complexity index is 1000. The Morgan fingerprint density at radius 3 is 2.34 bits per heavy atom. The molecule has 0 radical (unpaired) electrons. The molecule has 4 heteroatoms. The lowest BCUT2D eigenvalue weighted by molar-refractivity contribution is 0.104. The summed E-state index contributed by atoms with van der Waals surface area (Å²) in [4.78, 5) is 12.3. The molecular formula is C25H25ClO3. The fourth-order valence-corrected chi connectivity index (χ4v) is 3.10. The molecule has 0 amide bonds. The highest BCUT2D eigenvalue weighted by atomic mass is 35.5. The van der Waals surface area contributed by atoms with Crippen LogP contribution in [0.5, 0.6) is 5.75 Å².